The number of carboxylic acids is 1. The molecule has 0 aromatic heterocycles. The van der Waals surface area contributed by atoms with Gasteiger partial charge in [-0.1, -0.05) is 0 Å². The van der Waals surface area contributed by atoms with Gasteiger partial charge in [0.15, 0.2) is 0 Å². The number of hydrogen-bond acceptors (Lipinski definition) is 2. The first kappa shape index (κ1) is 14.0. The van der Waals surface area contributed by atoms with E-state index >= 15 is 0 Å². The van der Waals surface area contributed by atoms with Crippen LogP contribution in [0, 0.1) is 24.2 Å². The second kappa shape index (κ2) is 8.31. The monoisotopic (exact) mass is 212 g/mol. The van der Waals surface area contributed by atoms with Gasteiger partial charge in [-0.05, 0) is 37.5 Å². The van der Waals surface area contributed by atoms with Crippen molar-refractivity contribution in [2.24, 2.45) is 11.8 Å². The lowest BCUT2D eigenvalue weighted by atomic mass is 9.81. The summed E-state index contributed by atoms with van der Waals surface area (Å²) in [5.74, 6) is 3.17. The molecule has 1 aliphatic rings. The Hall–Kier alpha value is -1.01. The van der Waals surface area contributed by atoms with Crippen molar-refractivity contribution >= 4 is 5.97 Å². The standard InChI is InChI=1S/C10H16O.C2H4O2/c1-2-3-9-4-6-10(8-11)7-5-9;1-2(3)4/h1,9-11H,3-8H2;1H3,(H,3,4)/t9-,10-;. The number of aliphatic carboxylic acids is 1. The van der Waals surface area contributed by atoms with Gasteiger partial charge in [0.05, 0.1) is 0 Å². The van der Waals surface area contributed by atoms with Crippen LogP contribution in [-0.4, -0.2) is 22.8 Å². The maximum Gasteiger partial charge on any atom is 0.300 e. The molecule has 0 aliphatic heterocycles. The van der Waals surface area contributed by atoms with Gasteiger partial charge in [0.25, 0.3) is 5.97 Å². The van der Waals surface area contributed by atoms with Gasteiger partial charge in [0.1, 0.15) is 0 Å². The van der Waals surface area contributed by atoms with Crippen molar-refractivity contribution in [3.63, 3.8) is 0 Å². The fraction of sp³-hybridized carbons (Fsp3) is 0.750. The van der Waals surface area contributed by atoms with Gasteiger partial charge in [0, 0.05) is 20.0 Å². The number of hydrogen-bond donors (Lipinski definition) is 2. The topological polar surface area (TPSA) is 57.5 Å². The molecule has 3 heteroatoms. The molecule has 1 aliphatic carbocycles. The lowest BCUT2D eigenvalue weighted by Gasteiger charge is -2.25. The zero-order chi connectivity index (χ0) is 11.7. The number of carboxylic acid groups (broad SMARTS) is 1. The molecule has 0 unspecified atom stereocenters. The number of aliphatic hydroxyl groups is 1. The van der Waals surface area contributed by atoms with E-state index in [0.29, 0.717) is 12.5 Å². The lowest BCUT2D eigenvalue weighted by molar-refractivity contribution is -0.134. The summed E-state index contributed by atoms with van der Waals surface area (Å²) < 4.78 is 0. The number of aliphatic hydroxyl groups excluding tert-OH is 1. The highest BCUT2D eigenvalue weighted by Crippen LogP contribution is 2.29. The van der Waals surface area contributed by atoms with Gasteiger partial charge in [-0.15, -0.1) is 12.3 Å². The summed E-state index contributed by atoms with van der Waals surface area (Å²) in [5.41, 5.74) is 0. The first-order chi connectivity index (χ1) is 7.10. The first-order valence-corrected chi connectivity index (χ1v) is 5.34. The molecule has 86 valence electrons. The molecule has 1 saturated carbocycles. The average Bonchev–Trinajstić information content (AvgIpc) is 2.19. The fourth-order valence-corrected chi connectivity index (χ4v) is 1.78. The minimum atomic E-state index is -0.833. The molecule has 0 saturated heterocycles. The van der Waals surface area contributed by atoms with E-state index < -0.39 is 5.97 Å². The Morgan fingerprint density at radius 1 is 1.33 bits per heavy atom. The maximum absolute atomic E-state index is 9.00. The Kier molecular flexibility index (Phi) is 7.75. The van der Waals surface area contributed by atoms with Crippen LogP contribution >= 0.6 is 0 Å². The molecule has 0 atom stereocenters. The maximum atomic E-state index is 9.00. The molecule has 0 heterocycles. The van der Waals surface area contributed by atoms with Gasteiger partial charge in [-0.3, -0.25) is 4.79 Å². The van der Waals surface area contributed by atoms with Crippen LogP contribution < -0.4 is 0 Å². The van der Waals surface area contributed by atoms with E-state index in [1.807, 2.05) is 0 Å². The summed E-state index contributed by atoms with van der Waals surface area (Å²) in [6, 6.07) is 0. The van der Waals surface area contributed by atoms with Gasteiger partial charge in [0.2, 0.25) is 0 Å². The van der Waals surface area contributed by atoms with Crippen molar-refractivity contribution in [2.45, 2.75) is 39.0 Å². The summed E-state index contributed by atoms with van der Waals surface area (Å²) in [4.78, 5) is 9.00. The Bertz CT molecular complexity index is 205. The Balaban J connectivity index is 0.000000423. The Morgan fingerprint density at radius 3 is 2.07 bits per heavy atom. The third kappa shape index (κ3) is 8.02. The van der Waals surface area contributed by atoms with Crippen molar-refractivity contribution in [3.8, 4) is 12.3 Å². The molecule has 0 radical (unpaired) electrons. The second-order valence-corrected chi connectivity index (χ2v) is 4.00. The van der Waals surface area contributed by atoms with E-state index in [4.69, 9.17) is 21.4 Å². The quantitative estimate of drug-likeness (QED) is 0.687. The predicted octanol–water partition coefficient (Wildman–Crippen LogP) is 1.90. The normalized spacial score (nSPS) is 24.6. The molecule has 3 nitrogen and oxygen atoms in total. The lowest BCUT2D eigenvalue weighted by Crippen LogP contribution is -2.16. The van der Waals surface area contributed by atoms with Crippen LogP contribution in [0.4, 0.5) is 0 Å². The molecule has 0 aromatic rings. The van der Waals surface area contributed by atoms with Crippen LogP contribution in [0.5, 0.6) is 0 Å². The summed E-state index contributed by atoms with van der Waals surface area (Å²) >= 11 is 0. The van der Waals surface area contributed by atoms with Crippen LogP contribution in [-0.2, 0) is 4.79 Å². The minimum absolute atomic E-state index is 0.364. The van der Waals surface area contributed by atoms with Gasteiger partial charge >= 0.3 is 0 Å². The van der Waals surface area contributed by atoms with Crippen molar-refractivity contribution in [2.75, 3.05) is 6.61 Å². The van der Waals surface area contributed by atoms with Crippen LogP contribution in [0.15, 0.2) is 0 Å². The van der Waals surface area contributed by atoms with Crippen LogP contribution in [0.2, 0.25) is 0 Å². The molecule has 0 amide bonds. The van der Waals surface area contributed by atoms with E-state index in [0.717, 1.165) is 19.3 Å². The molecule has 0 spiro atoms. The van der Waals surface area contributed by atoms with Crippen LogP contribution in [0.1, 0.15) is 39.0 Å². The highest BCUT2D eigenvalue weighted by atomic mass is 16.4. The SMILES string of the molecule is C#CC[C@H]1CC[C@H](CO)CC1.CC(=O)O. The molecule has 0 bridgehead atoms. The van der Waals surface area contributed by atoms with Gasteiger partial charge in [-0.2, -0.15) is 0 Å². The Morgan fingerprint density at radius 2 is 1.73 bits per heavy atom. The molecule has 1 fully saturated rings. The van der Waals surface area contributed by atoms with E-state index in [1.165, 1.54) is 25.7 Å². The molecular formula is C12H20O3. The predicted molar refractivity (Wildman–Crippen MR) is 59.3 cm³/mol. The Labute approximate surface area is 91.5 Å². The molecule has 0 aromatic carbocycles. The summed E-state index contributed by atoms with van der Waals surface area (Å²) in [6.45, 7) is 1.45. The highest BCUT2D eigenvalue weighted by Gasteiger charge is 2.19. The van der Waals surface area contributed by atoms with E-state index in [-0.39, 0.29) is 0 Å². The number of rotatable bonds is 2. The zero-order valence-electron chi connectivity index (χ0n) is 9.28. The van der Waals surface area contributed by atoms with Crippen LogP contribution in [0.25, 0.3) is 0 Å². The minimum Gasteiger partial charge on any atom is -0.481 e. The highest BCUT2D eigenvalue weighted by molar-refractivity contribution is 5.62. The summed E-state index contributed by atoms with van der Waals surface area (Å²) in [6.07, 6.45) is 10.9. The average molecular weight is 212 g/mol. The first-order valence-electron chi connectivity index (χ1n) is 5.34. The smallest absolute Gasteiger partial charge is 0.300 e. The molecule has 1 rings (SSSR count). The third-order valence-electron chi connectivity index (χ3n) is 2.63. The van der Waals surface area contributed by atoms with Gasteiger partial charge in [-0.25, -0.2) is 0 Å². The van der Waals surface area contributed by atoms with Crippen LogP contribution in [0.3, 0.4) is 0 Å². The van der Waals surface area contributed by atoms with E-state index in [2.05, 4.69) is 5.92 Å². The number of terminal acetylenes is 1. The zero-order valence-corrected chi connectivity index (χ0v) is 9.28. The molecule has 15 heavy (non-hydrogen) atoms. The summed E-state index contributed by atoms with van der Waals surface area (Å²) in [7, 11) is 0. The fourth-order valence-electron chi connectivity index (χ4n) is 1.78. The van der Waals surface area contributed by atoms with Gasteiger partial charge < -0.3 is 10.2 Å². The second-order valence-electron chi connectivity index (χ2n) is 4.00. The number of carbonyl (C=O) groups is 1. The van der Waals surface area contributed by atoms with Crippen molar-refractivity contribution in [1.29, 1.82) is 0 Å². The van der Waals surface area contributed by atoms with Crippen molar-refractivity contribution < 1.29 is 15.0 Å². The van der Waals surface area contributed by atoms with Crippen molar-refractivity contribution in [1.82, 2.24) is 0 Å². The van der Waals surface area contributed by atoms with Crippen molar-refractivity contribution in [3.05, 3.63) is 0 Å². The van der Waals surface area contributed by atoms with E-state index in [9.17, 15) is 0 Å². The molecular weight excluding hydrogens is 192 g/mol. The summed E-state index contributed by atoms with van der Waals surface area (Å²) in [5, 5.41) is 16.3. The largest absolute Gasteiger partial charge is 0.481 e. The van der Waals surface area contributed by atoms with E-state index in [1.54, 1.807) is 0 Å². The molecule has 2 N–H and O–H groups in total. The third-order valence-corrected chi connectivity index (χ3v) is 2.63.